The molecular formula is C22H18O. The third-order valence-electron chi connectivity index (χ3n) is 4.28. The highest BCUT2D eigenvalue weighted by atomic mass is 16.5. The fraction of sp³-hybridized carbons (Fsp3) is 0.0909. The van der Waals surface area contributed by atoms with Crippen molar-refractivity contribution in [1.29, 1.82) is 0 Å². The maximum absolute atomic E-state index is 6.02. The van der Waals surface area contributed by atoms with Crippen molar-refractivity contribution in [3.63, 3.8) is 0 Å². The monoisotopic (exact) mass is 298 g/mol. The lowest BCUT2D eigenvalue weighted by Crippen LogP contribution is -1.96. The Bertz CT molecular complexity index is 866. The minimum atomic E-state index is 0.630. The minimum Gasteiger partial charge on any atom is -0.372 e. The first-order chi connectivity index (χ1) is 11.4. The van der Waals surface area contributed by atoms with Crippen molar-refractivity contribution in [3.8, 4) is 0 Å². The first-order valence-electron chi connectivity index (χ1n) is 7.93. The molecule has 112 valence electrons. The van der Waals surface area contributed by atoms with Crippen LogP contribution in [0.25, 0.3) is 21.5 Å². The summed E-state index contributed by atoms with van der Waals surface area (Å²) in [5, 5.41) is 5.07. The lowest BCUT2D eigenvalue weighted by Gasteiger charge is -2.10. The number of rotatable bonds is 4. The van der Waals surface area contributed by atoms with Gasteiger partial charge in [-0.15, -0.1) is 0 Å². The molecule has 0 aromatic heterocycles. The van der Waals surface area contributed by atoms with Crippen LogP contribution >= 0.6 is 0 Å². The van der Waals surface area contributed by atoms with Crippen LogP contribution in [-0.4, -0.2) is 0 Å². The molecule has 0 unspecified atom stereocenters. The normalized spacial score (nSPS) is 11.1. The zero-order valence-electron chi connectivity index (χ0n) is 12.9. The van der Waals surface area contributed by atoms with Gasteiger partial charge >= 0.3 is 0 Å². The van der Waals surface area contributed by atoms with Gasteiger partial charge in [-0.1, -0.05) is 84.9 Å². The second-order valence-corrected chi connectivity index (χ2v) is 5.77. The second kappa shape index (κ2) is 6.23. The Morgan fingerprint density at radius 2 is 0.913 bits per heavy atom. The van der Waals surface area contributed by atoms with Crippen molar-refractivity contribution in [2.75, 3.05) is 0 Å². The summed E-state index contributed by atoms with van der Waals surface area (Å²) in [6, 6.07) is 29.7. The van der Waals surface area contributed by atoms with Crippen LogP contribution in [0.1, 0.15) is 11.1 Å². The van der Waals surface area contributed by atoms with Crippen molar-refractivity contribution in [1.82, 2.24) is 0 Å². The van der Waals surface area contributed by atoms with Gasteiger partial charge < -0.3 is 4.74 Å². The third kappa shape index (κ3) is 2.84. The average Bonchev–Trinajstić information content (AvgIpc) is 2.62. The zero-order chi connectivity index (χ0) is 15.5. The Hall–Kier alpha value is -2.64. The van der Waals surface area contributed by atoms with Gasteiger partial charge in [0, 0.05) is 0 Å². The SMILES string of the molecule is c1ccc2c(COCc3cccc4ccccc34)cccc2c1. The second-order valence-electron chi connectivity index (χ2n) is 5.77. The lowest BCUT2D eigenvalue weighted by atomic mass is 10.0. The average molecular weight is 298 g/mol. The number of ether oxygens (including phenoxy) is 1. The van der Waals surface area contributed by atoms with Crippen LogP contribution in [0.3, 0.4) is 0 Å². The van der Waals surface area contributed by atoms with E-state index in [1.54, 1.807) is 0 Å². The Morgan fingerprint density at radius 1 is 0.478 bits per heavy atom. The highest BCUT2D eigenvalue weighted by Crippen LogP contribution is 2.22. The van der Waals surface area contributed by atoms with Gasteiger partial charge in [0.1, 0.15) is 0 Å². The fourth-order valence-electron chi connectivity index (χ4n) is 3.11. The van der Waals surface area contributed by atoms with Crippen LogP contribution in [0.4, 0.5) is 0 Å². The molecule has 0 radical (unpaired) electrons. The van der Waals surface area contributed by atoms with E-state index in [-0.39, 0.29) is 0 Å². The predicted octanol–water partition coefficient (Wildman–Crippen LogP) is 5.71. The van der Waals surface area contributed by atoms with E-state index >= 15 is 0 Å². The van der Waals surface area contributed by atoms with Gasteiger partial charge in [-0.3, -0.25) is 0 Å². The summed E-state index contributed by atoms with van der Waals surface area (Å²) < 4.78 is 6.02. The van der Waals surface area contributed by atoms with Gasteiger partial charge in [0.05, 0.1) is 13.2 Å². The molecule has 0 aliphatic carbocycles. The van der Waals surface area contributed by atoms with E-state index in [4.69, 9.17) is 4.74 Å². The molecule has 0 atom stereocenters. The third-order valence-corrected chi connectivity index (χ3v) is 4.28. The van der Waals surface area contributed by atoms with Crippen molar-refractivity contribution in [2.24, 2.45) is 0 Å². The maximum atomic E-state index is 6.02. The van der Waals surface area contributed by atoms with E-state index in [2.05, 4.69) is 84.9 Å². The number of hydrogen-bond donors (Lipinski definition) is 0. The molecule has 0 N–H and O–H groups in total. The van der Waals surface area contributed by atoms with E-state index in [9.17, 15) is 0 Å². The molecule has 4 aromatic carbocycles. The van der Waals surface area contributed by atoms with E-state index in [0.717, 1.165) is 0 Å². The topological polar surface area (TPSA) is 9.23 Å². The Morgan fingerprint density at radius 3 is 1.43 bits per heavy atom. The first kappa shape index (κ1) is 14.0. The molecule has 0 heterocycles. The molecule has 4 rings (SSSR count). The molecule has 0 aliphatic heterocycles. The van der Waals surface area contributed by atoms with Crippen LogP contribution in [0.15, 0.2) is 84.9 Å². The number of fused-ring (bicyclic) bond motifs is 2. The van der Waals surface area contributed by atoms with Crippen LogP contribution in [0.5, 0.6) is 0 Å². The van der Waals surface area contributed by atoms with E-state index in [0.29, 0.717) is 13.2 Å². The fourth-order valence-corrected chi connectivity index (χ4v) is 3.11. The molecule has 0 bridgehead atoms. The summed E-state index contributed by atoms with van der Waals surface area (Å²) >= 11 is 0. The molecule has 0 fully saturated rings. The highest BCUT2D eigenvalue weighted by molar-refractivity contribution is 5.86. The summed E-state index contributed by atoms with van der Waals surface area (Å²) in [6.45, 7) is 1.26. The molecule has 0 spiro atoms. The van der Waals surface area contributed by atoms with Gasteiger partial charge in [-0.25, -0.2) is 0 Å². The van der Waals surface area contributed by atoms with E-state index in [1.165, 1.54) is 32.7 Å². The van der Waals surface area contributed by atoms with Crippen LogP contribution in [0.2, 0.25) is 0 Å². The Balaban J connectivity index is 1.55. The predicted molar refractivity (Wildman–Crippen MR) is 96.4 cm³/mol. The summed E-state index contributed by atoms with van der Waals surface area (Å²) in [7, 11) is 0. The van der Waals surface area contributed by atoms with Crippen LogP contribution in [-0.2, 0) is 18.0 Å². The van der Waals surface area contributed by atoms with Gasteiger partial charge in [-0.05, 0) is 32.7 Å². The molecule has 1 nitrogen and oxygen atoms in total. The quantitative estimate of drug-likeness (QED) is 0.469. The summed E-state index contributed by atoms with van der Waals surface area (Å²) in [5.41, 5.74) is 2.48. The maximum Gasteiger partial charge on any atom is 0.0727 e. The highest BCUT2D eigenvalue weighted by Gasteiger charge is 2.03. The summed E-state index contributed by atoms with van der Waals surface area (Å²) in [5.74, 6) is 0. The van der Waals surface area contributed by atoms with Crippen molar-refractivity contribution >= 4 is 21.5 Å². The molecule has 0 saturated heterocycles. The number of benzene rings is 4. The lowest BCUT2D eigenvalue weighted by molar-refractivity contribution is 0.109. The summed E-state index contributed by atoms with van der Waals surface area (Å²) in [6.07, 6.45) is 0. The first-order valence-corrected chi connectivity index (χ1v) is 7.93. The largest absolute Gasteiger partial charge is 0.372 e. The van der Waals surface area contributed by atoms with E-state index < -0.39 is 0 Å². The molecule has 0 aliphatic rings. The molecule has 1 heteroatoms. The van der Waals surface area contributed by atoms with Crippen LogP contribution < -0.4 is 0 Å². The smallest absolute Gasteiger partial charge is 0.0727 e. The van der Waals surface area contributed by atoms with E-state index in [1.807, 2.05) is 0 Å². The zero-order valence-corrected chi connectivity index (χ0v) is 12.9. The number of hydrogen-bond acceptors (Lipinski definition) is 1. The van der Waals surface area contributed by atoms with Gasteiger partial charge in [0.25, 0.3) is 0 Å². The minimum absolute atomic E-state index is 0.630. The van der Waals surface area contributed by atoms with Gasteiger partial charge in [0.15, 0.2) is 0 Å². The Labute approximate surface area is 136 Å². The standard InChI is InChI=1S/C22H18O/c1-3-13-21-17(7-1)9-5-11-19(21)15-23-16-20-12-6-10-18-8-2-4-14-22(18)20/h1-14H,15-16H2. The molecular weight excluding hydrogens is 280 g/mol. The van der Waals surface area contributed by atoms with Crippen molar-refractivity contribution in [3.05, 3.63) is 96.1 Å². The van der Waals surface area contributed by atoms with Crippen molar-refractivity contribution < 1.29 is 4.74 Å². The summed E-state index contributed by atoms with van der Waals surface area (Å²) in [4.78, 5) is 0. The molecule has 0 amide bonds. The molecule has 4 aromatic rings. The van der Waals surface area contributed by atoms with Crippen LogP contribution in [0, 0.1) is 0 Å². The van der Waals surface area contributed by atoms with Gasteiger partial charge in [0.2, 0.25) is 0 Å². The van der Waals surface area contributed by atoms with Crippen molar-refractivity contribution in [2.45, 2.75) is 13.2 Å². The Kier molecular flexibility index (Phi) is 3.79. The molecule has 23 heavy (non-hydrogen) atoms. The molecule has 0 saturated carbocycles. The van der Waals surface area contributed by atoms with Gasteiger partial charge in [-0.2, -0.15) is 0 Å².